The maximum absolute atomic E-state index is 13.2. The number of phenols is 1. The van der Waals surface area contributed by atoms with E-state index in [1.165, 1.54) is 12.1 Å². The Hall–Kier alpha value is -3.99. The van der Waals surface area contributed by atoms with Crippen LogP contribution in [0, 0.1) is 6.92 Å². The molecule has 0 aromatic heterocycles. The number of hydrogen-bond acceptors (Lipinski definition) is 7. The van der Waals surface area contributed by atoms with E-state index in [0.717, 1.165) is 6.07 Å². The maximum Gasteiger partial charge on any atom is 0.296 e. The summed E-state index contributed by atoms with van der Waals surface area (Å²) >= 11 is 6.20. The van der Waals surface area contributed by atoms with Crippen LogP contribution in [0.5, 0.6) is 11.5 Å². The van der Waals surface area contributed by atoms with Crippen molar-refractivity contribution in [1.29, 1.82) is 0 Å². The van der Waals surface area contributed by atoms with Crippen LogP contribution in [0.4, 0.5) is 17.1 Å². The van der Waals surface area contributed by atoms with Gasteiger partial charge < -0.3 is 15.2 Å². The Bertz CT molecular complexity index is 1650. The zero-order valence-electron chi connectivity index (χ0n) is 19.8. The Morgan fingerprint density at radius 3 is 2.43 bits per heavy atom. The summed E-state index contributed by atoms with van der Waals surface area (Å²) in [5.41, 5.74) is 0.809. The summed E-state index contributed by atoms with van der Waals surface area (Å²) in [7, 11) is -4.60. The standard InChI is InChI=1S/C26H22ClN3O6S/c1-3-36-20-11-7-6-10-19(20)28-26(32)18-14-16-8-4-5-9-17(16)24(25(18)31)30-29-23-15(2)12-13-21(22(23)27)37(33,34)35/h4-14,31H,3H2,1-2H3,(H,28,32)(H,33,34,35). The molecule has 4 rings (SSSR count). The van der Waals surface area contributed by atoms with E-state index in [4.69, 9.17) is 16.3 Å². The smallest absolute Gasteiger partial charge is 0.296 e. The van der Waals surface area contributed by atoms with Crippen molar-refractivity contribution in [1.82, 2.24) is 0 Å². The summed E-state index contributed by atoms with van der Waals surface area (Å²) < 4.78 is 38.3. The third-order valence-electron chi connectivity index (χ3n) is 5.49. The van der Waals surface area contributed by atoms with Crippen LogP contribution in [-0.4, -0.2) is 30.6 Å². The molecule has 4 aromatic rings. The molecule has 0 saturated carbocycles. The number of rotatable bonds is 7. The number of anilines is 1. The fourth-order valence-corrected chi connectivity index (χ4v) is 4.80. The molecule has 0 heterocycles. The maximum atomic E-state index is 13.2. The average molecular weight is 540 g/mol. The van der Waals surface area contributed by atoms with Crippen molar-refractivity contribution in [3.63, 3.8) is 0 Å². The minimum Gasteiger partial charge on any atom is -0.505 e. The minimum absolute atomic E-state index is 0.0132. The molecule has 0 saturated heterocycles. The Kier molecular flexibility index (Phi) is 7.44. The number of fused-ring (bicyclic) bond motifs is 1. The fraction of sp³-hybridized carbons (Fsp3) is 0.115. The van der Waals surface area contributed by atoms with Gasteiger partial charge in [-0.2, -0.15) is 8.42 Å². The molecule has 0 bridgehead atoms. The molecule has 3 N–H and O–H groups in total. The Morgan fingerprint density at radius 1 is 1.03 bits per heavy atom. The molecule has 0 spiro atoms. The number of nitrogens with one attached hydrogen (secondary N) is 1. The zero-order chi connectivity index (χ0) is 26.7. The number of amides is 1. The van der Waals surface area contributed by atoms with E-state index >= 15 is 0 Å². The van der Waals surface area contributed by atoms with Crippen LogP contribution in [0.1, 0.15) is 22.8 Å². The normalized spacial score (nSPS) is 11.7. The van der Waals surface area contributed by atoms with E-state index < -0.39 is 26.7 Å². The second-order valence-corrected chi connectivity index (χ2v) is 9.71. The van der Waals surface area contributed by atoms with Crippen LogP contribution in [0.3, 0.4) is 0 Å². The van der Waals surface area contributed by atoms with Gasteiger partial charge in [0.05, 0.1) is 22.9 Å². The van der Waals surface area contributed by atoms with Gasteiger partial charge in [-0.25, -0.2) is 0 Å². The Balaban J connectivity index is 1.82. The van der Waals surface area contributed by atoms with Crippen molar-refractivity contribution < 1.29 is 27.6 Å². The van der Waals surface area contributed by atoms with E-state index in [0.29, 0.717) is 34.4 Å². The number of hydrogen-bond donors (Lipinski definition) is 3. The molecule has 0 aliphatic heterocycles. The summed E-state index contributed by atoms with van der Waals surface area (Å²) in [6, 6.07) is 17.9. The number of azo groups is 1. The van der Waals surface area contributed by atoms with Crippen molar-refractivity contribution in [2.24, 2.45) is 10.2 Å². The Morgan fingerprint density at radius 2 is 1.70 bits per heavy atom. The topological polar surface area (TPSA) is 138 Å². The lowest BCUT2D eigenvalue weighted by Gasteiger charge is -2.14. The number of nitrogens with zero attached hydrogens (tertiary/aromatic N) is 2. The molecule has 190 valence electrons. The van der Waals surface area contributed by atoms with Crippen LogP contribution < -0.4 is 10.1 Å². The van der Waals surface area contributed by atoms with Crippen LogP contribution in [0.15, 0.2) is 81.9 Å². The molecule has 37 heavy (non-hydrogen) atoms. The highest BCUT2D eigenvalue weighted by atomic mass is 35.5. The van der Waals surface area contributed by atoms with E-state index in [1.54, 1.807) is 55.5 Å². The number of para-hydroxylation sites is 2. The third kappa shape index (κ3) is 5.41. The lowest BCUT2D eigenvalue weighted by molar-refractivity contribution is 0.102. The molecule has 1 amide bonds. The summed E-state index contributed by atoms with van der Waals surface area (Å²) in [5.74, 6) is -0.564. The molecule has 0 fully saturated rings. The molecule has 9 nitrogen and oxygen atoms in total. The lowest BCUT2D eigenvalue weighted by atomic mass is 10.0. The predicted molar refractivity (Wildman–Crippen MR) is 141 cm³/mol. The van der Waals surface area contributed by atoms with E-state index in [1.807, 2.05) is 6.92 Å². The van der Waals surface area contributed by atoms with Gasteiger partial charge in [-0.05, 0) is 49.1 Å². The van der Waals surface area contributed by atoms with Crippen LogP contribution >= 0.6 is 11.6 Å². The monoisotopic (exact) mass is 539 g/mol. The largest absolute Gasteiger partial charge is 0.505 e. The lowest BCUT2D eigenvalue weighted by Crippen LogP contribution is -2.13. The number of carbonyl (C=O) groups excluding carboxylic acids is 1. The summed E-state index contributed by atoms with van der Waals surface area (Å²) in [6.45, 7) is 3.86. The second-order valence-electron chi connectivity index (χ2n) is 7.94. The third-order valence-corrected chi connectivity index (χ3v) is 6.88. The molecule has 0 atom stereocenters. The van der Waals surface area contributed by atoms with Gasteiger partial charge in [0.25, 0.3) is 16.0 Å². The number of phenolic OH excluding ortho intramolecular Hbond substituents is 1. The molecular formula is C26H22ClN3O6S. The van der Waals surface area contributed by atoms with Crippen LogP contribution in [-0.2, 0) is 10.1 Å². The van der Waals surface area contributed by atoms with Crippen molar-refractivity contribution in [3.05, 3.63) is 82.9 Å². The molecular weight excluding hydrogens is 518 g/mol. The molecule has 4 aromatic carbocycles. The highest BCUT2D eigenvalue weighted by Crippen LogP contribution is 2.42. The molecule has 11 heteroatoms. The number of aromatic hydroxyl groups is 1. The second kappa shape index (κ2) is 10.6. The van der Waals surface area contributed by atoms with E-state index in [-0.39, 0.29) is 22.0 Å². The molecule has 0 radical (unpaired) electrons. The van der Waals surface area contributed by atoms with Gasteiger partial charge in [-0.3, -0.25) is 9.35 Å². The summed E-state index contributed by atoms with van der Waals surface area (Å²) in [6.07, 6.45) is 0. The van der Waals surface area contributed by atoms with Crippen LogP contribution in [0.25, 0.3) is 10.8 Å². The fourth-order valence-electron chi connectivity index (χ4n) is 3.70. The number of halogens is 1. The van der Waals surface area contributed by atoms with Gasteiger partial charge in [0.2, 0.25) is 0 Å². The van der Waals surface area contributed by atoms with Crippen molar-refractivity contribution >= 4 is 55.5 Å². The first-order chi connectivity index (χ1) is 17.6. The molecule has 0 aliphatic rings. The number of aryl methyl sites for hydroxylation is 1. The highest BCUT2D eigenvalue weighted by molar-refractivity contribution is 7.86. The van der Waals surface area contributed by atoms with Gasteiger partial charge in [0.15, 0.2) is 5.75 Å². The van der Waals surface area contributed by atoms with Crippen molar-refractivity contribution in [2.45, 2.75) is 18.7 Å². The Labute approximate surface area is 218 Å². The SMILES string of the molecule is CCOc1ccccc1NC(=O)c1cc2ccccc2c(N=Nc2c(C)ccc(S(=O)(=O)O)c2Cl)c1O. The average Bonchev–Trinajstić information content (AvgIpc) is 2.85. The summed E-state index contributed by atoms with van der Waals surface area (Å²) in [4.78, 5) is 12.7. The first kappa shape index (κ1) is 26.1. The number of benzene rings is 4. The van der Waals surface area contributed by atoms with Gasteiger partial charge >= 0.3 is 0 Å². The molecule has 0 aliphatic carbocycles. The highest BCUT2D eigenvalue weighted by Gasteiger charge is 2.21. The predicted octanol–water partition coefficient (Wildman–Crippen LogP) is 6.82. The number of carbonyl (C=O) groups is 1. The van der Waals surface area contributed by atoms with Gasteiger partial charge in [-0.15, -0.1) is 10.2 Å². The minimum atomic E-state index is -4.60. The quantitative estimate of drug-likeness (QED) is 0.174. The molecule has 0 unspecified atom stereocenters. The first-order valence-corrected chi connectivity index (χ1v) is 12.9. The zero-order valence-corrected chi connectivity index (χ0v) is 21.3. The van der Waals surface area contributed by atoms with Gasteiger partial charge in [-0.1, -0.05) is 54.1 Å². The van der Waals surface area contributed by atoms with Gasteiger partial charge in [0, 0.05) is 5.39 Å². The van der Waals surface area contributed by atoms with E-state index in [2.05, 4.69) is 15.5 Å². The summed E-state index contributed by atoms with van der Waals surface area (Å²) in [5, 5.41) is 22.9. The van der Waals surface area contributed by atoms with Gasteiger partial charge in [0.1, 0.15) is 22.0 Å². The van der Waals surface area contributed by atoms with Crippen LogP contribution in [0.2, 0.25) is 5.02 Å². The number of ether oxygens (including phenoxy) is 1. The van der Waals surface area contributed by atoms with Crippen molar-refractivity contribution in [3.8, 4) is 11.5 Å². The van der Waals surface area contributed by atoms with Crippen molar-refractivity contribution in [2.75, 3.05) is 11.9 Å². The van der Waals surface area contributed by atoms with E-state index in [9.17, 15) is 22.9 Å². The first-order valence-electron chi connectivity index (χ1n) is 11.1.